The molecule has 0 aliphatic heterocycles. The van der Waals surface area contributed by atoms with Crippen LogP contribution in [0.4, 0.5) is 0 Å². The van der Waals surface area contributed by atoms with E-state index in [0.29, 0.717) is 12.5 Å². The molecular weight excluding hydrogens is 236 g/mol. The number of carbonyl (C=O) groups excluding carboxylic acids is 1. The first-order valence-electron chi connectivity index (χ1n) is 7.73. The monoisotopic (exact) mass is 270 g/mol. The second kappa shape index (κ2) is 7.88. The van der Waals surface area contributed by atoms with E-state index in [2.05, 4.69) is 45.3 Å². The molecular formula is C16H34N2O. The van der Waals surface area contributed by atoms with Crippen LogP contribution in [-0.2, 0) is 4.79 Å². The summed E-state index contributed by atoms with van der Waals surface area (Å²) in [7, 11) is 0. The molecule has 0 aromatic heterocycles. The topological polar surface area (TPSA) is 41.1 Å². The zero-order chi connectivity index (χ0) is 15.1. The van der Waals surface area contributed by atoms with Crippen molar-refractivity contribution in [2.45, 2.75) is 73.3 Å². The van der Waals surface area contributed by atoms with Gasteiger partial charge in [-0.1, -0.05) is 47.5 Å². The maximum atomic E-state index is 12.3. The molecule has 0 heterocycles. The molecule has 0 spiro atoms. The fourth-order valence-corrected chi connectivity index (χ4v) is 1.80. The number of hydrogen-bond donors (Lipinski definition) is 2. The Morgan fingerprint density at radius 2 is 1.74 bits per heavy atom. The Labute approximate surface area is 119 Å². The molecule has 0 aromatic rings. The van der Waals surface area contributed by atoms with Crippen LogP contribution in [0.5, 0.6) is 0 Å². The number of likely N-dealkylation sites (N-methyl/N-ethyl adjacent to an activating group) is 1. The van der Waals surface area contributed by atoms with E-state index in [0.717, 1.165) is 25.8 Å². The molecule has 0 rings (SSSR count). The molecule has 3 heteroatoms. The van der Waals surface area contributed by atoms with Gasteiger partial charge in [0.05, 0.1) is 5.54 Å². The maximum absolute atomic E-state index is 12.3. The van der Waals surface area contributed by atoms with E-state index in [4.69, 9.17) is 0 Å². The molecule has 0 fully saturated rings. The molecule has 0 bridgehead atoms. The van der Waals surface area contributed by atoms with Crippen LogP contribution in [0.25, 0.3) is 0 Å². The van der Waals surface area contributed by atoms with Gasteiger partial charge in [-0.3, -0.25) is 4.79 Å². The maximum Gasteiger partial charge on any atom is 0.240 e. The zero-order valence-electron chi connectivity index (χ0n) is 14.0. The van der Waals surface area contributed by atoms with Crippen molar-refractivity contribution < 1.29 is 4.79 Å². The first kappa shape index (κ1) is 18.4. The van der Waals surface area contributed by atoms with Gasteiger partial charge in [-0.2, -0.15) is 0 Å². The number of rotatable bonds is 9. The van der Waals surface area contributed by atoms with Gasteiger partial charge < -0.3 is 10.6 Å². The summed E-state index contributed by atoms with van der Waals surface area (Å²) in [6.45, 7) is 16.7. The van der Waals surface area contributed by atoms with Gasteiger partial charge in [0.15, 0.2) is 0 Å². The largest absolute Gasteiger partial charge is 0.355 e. The first-order chi connectivity index (χ1) is 8.69. The molecule has 0 aromatic carbocycles. The van der Waals surface area contributed by atoms with Crippen molar-refractivity contribution in [2.75, 3.05) is 13.1 Å². The number of unbranched alkanes of at least 4 members (excludes halogenated alkanes) is 1. The molecule has 0 saturated heterocycles. The van der Waals surface area contributed by atoms with Gasteiger partial charge in [-0.05, 0) is 31.6 Å². The molecule has 0 aliphatic carbocycles. The van der Waals surface area contributed by atoms with Crippen molar-refractivity contribution in [3.05, 3.63) is 0 Å². The van der Waals surface area contributed by atoms with Crippen LogP contribution < -0.4 is 10.6 Å². The van der Waals surface area contributed by atoms with E-state index >= 15 is 0 Å². The van der Waals surface area contributed by atoms with Gasteiger partial charge in [0.1, 0.15) is 0 Å². The summed E-state index contributed by atoms with van der Waals surface area (Å²) in [6.07, 6.45) is 3.08. The number of hydrogen-bond acceptors (Lipinski definition) is 2. The summed E-state index contributed by atoms with van der Waals surface area (Å²) in [5.41, 5.74) is -0.252. The lowest BCUT2D eigenvalue weighted by Crippen LogP contribution is -2.57. The van der Waals surface area contributed by atoms with E-state index < -0.39 is 5.54 Å². The average Bonchev–Trinajstić information content (AvgIpc) is 2.34. The van der Waals surface area contributed by atoms with E-state index in [1.807, 2.05) is 13.8 Å². The van der Waals surface area contributed by atoms with Crippen LogP contribution in [0.3, 0.4) is 0 Å². The summed E-state index contributed by atoms with van der Waals surface area (Å²) in [5, 5.41) is 6.48. The molecule has 2 N–H and O–H groups in total. The molecule has 19 heavy (non-hydrogen) atoms. The number of carbonyl (C=O) groups is 1. The van der Waals surface area contributed by atoms with Crippen molar-refractivity contribution >= 4 is 5.91 Å². The van der Waals surface area contributed by atoms with Gasteiger partial charge in [-0.25, -0.2) is 0 Å². The predicted octanol–water partition coefficient (Wildman–Crippen LogP) is 3.34. The van der Waals surface area contributed by atoms with Gasteiger partial charge in [0.25, 0.3) is 0 Å². The normalized spacial score (nSPS) is 15.4. The molecule has 114 valence electrons. The lowest BCUT2D eigenvalue weighted by molar-refractivity contribution is -0.127. The minimum absolute atomic E-state index is 0.128. The van der Waals surface area contributed by atoms with Crippen LogP contribution >= 0.6 is 0 Å². The highest BCUT2D eigenvalue weighted by molar-refractivity contribution is 5.85. The average molecular weight is 270 g/mol. The molecule has 0 radical (unpaired) electrons. The lowest BCUT2D eigenvalue weighted by Gasteiger charge is -2.36. The minimum Gasteiger partial charge on any atom is -0.355 e. The third-order valence-corrected chi connectivity index (χ3v) is 4.37. The fraction of sp³-hybridized carbons (Fsp3) is 0.938. The van der Waals surface area contributed by atoms with Crippen molar-refractivity contribution in [2.24, 2.45) is 11.3 Å². The summed E-state index contributed by atoms with van der Waals surface area (Å²) < 4.78 is 0. The molecule has 1 unspecified atom stereocenters. The standard InChI is InChI=1S/C16H34N2O/c1-8-10-11-16(7,14(19)17-9-2)18-12-15(5,6)13(3)4/h13,18H,8-12H2,1-7H3,(H,17,19). The van der Waals surface area contributed by atoms with E-state index in [-0.39, 0.29) is 11.3 Å². The SMILES string of the molecule is CCCCC(C)(NCC(C)(C)C(C)C)C(=O)NCC. The predicted molar refractivity (Wildman–Crippen MR) is 83.2 cm³/mol. The van der Waals surface area contributed by atoms with Crippen LogP contribution in [-0.4, -0.2) is 24.5 Å². The molecule has 0 saturated carbocycles. The van der Waals surface area contributed by atoms with Crippen LogP contribution in [0, 0.1) is 11.3 Å². The van der Waals surface area contributed by atoms with Gasteiger partial charge >= 0.3 is 0 Å². The Bertz CT molecular complexity index is 274. The van der Waals surface area contributed by atoms with Gasteiger partial charge in [0, 0.05) is 13.1 Å². The van der Waals surface area contributed by atoms with Crippen molar-refractivity contribution in [3.8, 4) is 0 Å². The second-order valence-corrected chi connectivity index (χ2v) is 6.79. The summed E-state index contributed by atoms with van der Waals surface area (Å²) in [5.74, 6) is 0.715. The molecule has 1 amide bonds. The Balaban J connectivity index is 4.72. The highest BCUT2D eigenvalue weighted by Crippen LogP contribution is 2.26. The molecule has 3 nitrogen and oxygen atoms in total. The highest BCUT2D eigenvalue weighted by atomic mass is 16.2. The van der Waals surface area contributed by atoms with Crippen LogP contribution in [0.15, 0.2) is 0 Å². The van der Waals surface area contributed by atoms with Crippen molar-refractivity contribution in [1.82, 2.24) is 10.6 Å². The number of nitrogens with one attached hydrogen (secondary N) is 2. The first-order valence-corrected chi connectivity index (χ1v) is 7.73. The quantitative estimate of drug-likeness (QED) is 0.674. The zero-order valence-corrected chi connectivity index (χ0v) is 14.0. The molecule has 1 atom stereocenters. The Morgan fingerprint density at radius 1 is 1.16 bits per heavy atom. The second-order valence-electron chi connectivity index (χ2n) is 6.79. The summed E-state index contributed by atoms with van der Waals surface area (Å²) >= 11 is 0. The number of amides is 1. The van der Waals surface area contributed by atoms with Gasteiger partial charge in [-0.15, -0.1) is 0 Å². The van der Waals surface area contributed by atoms with E-state index in [9.17, 15) is 4.79 Å². The smallest absolute Gasteiger partial charge is 0.240 e. The van der Waals surface area contributed by atoms with Crippen LogP contribution in [0.1, 0.15) is 67.7 Å². The molecule has 0 aliphatic rings. The summed E-state index contributed by atoms with van der Waals surface area (Å²) in [4.78, 5) is 12.3. The van der Waals surface area contributed by atoms with Crippen molar-refractivity contribution in [3.63, 3.8) is 0 Å². The van der Waals surface area contributed by atoms with E-state index in [1.54, 1.807) is 0 Å². The Kier molecular flexibility index (Phi) is 7.65. The Morgan fingerprint density at radius 3 is 2.16 bits per heavy atom. The third-order valence-electron chi connectivity index (χ3n) is 4.37. The van der Waals surface area contributed by atoms with Crippen molar-refractivity contribution in [1.29, 1.82) is 0 Å². The lowest BCUT2D eigenvalue weighted by atomic mass is 9.80. The Hall–Kier alpha value is -0.570. The minimum atomic E-state index is -0.446. The summed E-state index contributed by atoms with van der Waals surface area (Å²) in [6, 6.07) is 0. The fourth-order valence-electron chi connectivity index (χ4n) is 1.80. The van der Waals surface area contributed by atoms with Crippen LogP contribution in [0.2, 0.25) is 0 Å². The van der Waals surface area contributed by atoms with Gasteiger partial charge in [0.2, 0.25) is 5.91 Å². The highest BCUT2D eigenvalue weighted by Gasteiger charge is 2.34. The third kappa shape index (κ3) is 5.94. The van der Waals surface area contributed by atoms with E-state index in [1.165, 1.54) is 0 Å².